The Morgan fingerprint density at radius 3 is 2.41 bits per heavy atom. The molecule has 174 valence electrons. The van der Waals surface area contributed by atoms with E-state index in [9.17, 15) is 14.0 Å². The highest BCUT2D eigenvalue weighted by Gasteiger charge is 2.29. The molecule has 0 unspecified atom stereocenters. The molecule has 0 saturated heterocycles. The van der Waals surface area contributed by atoms with Crippen LogP contribution in [0.15, 0.2) is 66.7 Å². The number of fused-ring (bicyclic) bond motifs is 1. The Morgan fingerprint density at radius 2 is 1.76 bits per heavy atom. The van der Waals surface area contributed by atoms with Crippen LogP contribution in [0.5, 0.6) is 5.75 Å². The van der Waals surface area contributed by atoms with Crippen LogP contribution in [-0.2, 0) is 16.1 Å². The van der Waals surface area contributed by atoms with Crippen molar-refractivity contribution in [3.63, 3.8) is 0 Å². The summed E-state index contributed by atoms with van der Waals surface area (Å²) in [5.41, 5.74) is 4.51. The standard InChI is InChI=1S/C26H24FN3O4/c1-30(2)14-16-3-8-19(9-4-16)28-25(17-5-10-20(11-6-17)34-15-23(31)32)24-21-12-7-18(27)13-22(21)29-26(24)33/h3-13,28H,14-15H2,1-2H3,(H,29,33)(H,31,32)/b25-24-. The van der Waals surface area contributed by atoms with Crippen molar-refractivity contribution < 1.29 is 23.8 Å². The maximum absolute atomic E-state index is 13.7. The highest BCUT2D eigenvalue weighted by Crippen LogP contribution is 2.38. The first-order valence-corrected chi connectivity index (χ1v) is 10.6. The Labute approximate surface area is 196 Å². The number of nitrogens with zero attached hydrogens (tertiary/aromatic N) is 1. The minimum absolute atomic E-state index is 0.349. The number of nitrogens with one attached hydrogen (secondary N) is 2. The molecule has 0 fully saturated rings. The van der Waals surface area contributed by atoms with Crippen LogP contribution in [0, 0.1) is 5.82 Å². The fourth-order valence-electron chi connectivity index (χ4n) is 3.74. The minimum atomic E-state index is -1.07. The molecule has 7 nitrogen and oxygen atoms in total. The van der Waals surface area contributed by atoms with Crippen LogP contribution in [0.25, 0.3) is 11.3 Å². The zero-order valence-electron chi connectivity index (χ0n) is 18.8. The molecule has 4 rings (SSSR count). The van der Waals surface area contributed by atoms with Crippen LogP contribution in [0.3, 0.4) is 0 Å². The van der Waals surface area contributed by atoms with Crippen LogP contribution in [-0.4, -0.2) is 42.6 Å². The van der Waals surface area contributed by atoms with Crippen LogP contribution >= 0.6 is 0 Å². The van der Waals surface area contributed by atoms with Gasteiger partial charge in [0.1, 0.15) is 11.6 Å². The molecule has 0 bridgehead atoms. The van der Waals surface area contributed by atoms with E-state index in [4.69, 9.17) is 9.84 Å². The summed E-state index contributed by atoms with van der Waals surface area (Å²) >= 11 is 0. The number of carboxylic acids is 1. The Bertz CT molecular complexity index is 1250. The van der Waals surface area contributed by atoms with Gasteiger partial charge in [-0.15, -0.1) is 0 Å². The van der Waals surface area contributed by atoms with Gasteiger partial charge in [0, 0.05) is 17.8 Å². The number of rotatable bonds is 8. The molecule has 8 heteroatoms. The lowest BCUT2D eigenvalue weighted by atomic mass is 9.99. The van der Waals surface area contributed by atoms with Gasteiger partial charge in [0.15, 0.2) is 6.61 Å². The van der Waals surface area contributed by atoms with Gasteiger partial charge in [0.25, 0.3) is 5.91 Å². The highest BCUT2D eigenvalue weighted by molar-refractivity contribution is 6.37. The Morgan fingerprint density at radius 1 is 1.06 bits per heavy atom. The minimum Gasteiger partial charge on any atom is -0.482 e. The Kier molecular flexibility index (Phi) is 6.60. The normalized spacial score (nSPS) is 13.9. The average Bonchev–Trinajstić information content (AvgIpc) is 3.11. The van der Waals surface area contributed by atoms with E-state index in [0.717, 1.165) is 17.8 Å². The summed E-state index contributed by atoms with van der Waals surface area (Å²) < 4.78 is 19.0. The van der Waals surface area contributed by atoms with Crippen molar-refractivity contribution in [3.8, 4) is 5.75 Å². The first-order valence-electron chi connectivity index (χ1n) is 10.6. The SMILES string of the molecule is CN(C)Cc1ccc(N/C(=C2\C(=O)Nc3cc(F)ccc32)c2ccc(OCC(=O)O)cc2)cc1. The summed E-state index contributed by atoms with van der Waals surface area (Å²) in [7, 11) is 4.00. The Balaban J connectivity index is 1.74. The van der Waals surface area contributed by atoms with E-state index in [1.807, 2.05) is 38.4 Å². The van der Waals surface area contributed by atoms with Crippen molar-refractivity contribution in [2.75, 3.05) is 31.3 Å². The molecule has 3 aromatic carbocycles. The number of anilines is 2. The average molecular weight is 461 g/mol. The van der Waals surface area contributed by atoms with Gasteiger partial charge in [0.05, 0.1) is 17.0 Å². The van der Waals surface area contributed by atoms with Gasteiger partial charge in [-0.3, -0.25) is 4.79 Å². The molecule has 34 heavy (non-hydrogen) atoms. The van der Waals surface area contributed by atoms with Crippen molar-refractivity contribution in [2.45, 2.75) is 6.54 Å². The molecular weight excluding hydrogens is 437 g/mol. The molecule has 0 atom stereocenters. The maximum atomic E-state index is 13.7. The van der Waals surface area contributed by atoms with Gasteiger partial charge in [0.2, 0.25) is 0 Å². The maximum Gasteiger partial charge on any atom is 0.341 e. The fraction of sp³-hybridized carbons (Fsp3) is 0.154. The van der Waals surface area contributed by atoms with Crippen molar-refractivity contribution in [3.05, 3.63) is 89.2 Å². The first kappa shape index (κ1) is 23.0. The predicted octanol–water partition coefficient (Wildman–Crippen LogP) is 4.28. The zero-order chi connectivity index (χ0) is 24.2. The Hall–Kier alpha value is -4.17. The number of benzene rings is 3. The lowest BCUT2D eigenvalue weighted by Gasteiger charge is -2.16. The second kappa shape index (κ2) is 9.76. The zero-order valence-corrected chi connectivity index (χ0v) is 18.8. The summed E-state index contributed by atoms with van der Waals surface area (Å²) in [5, 5.41) is 14.9. The van der Waals surface area contributed by atoms with Crippen LogP contribution in [0.1, 0.15) is 16.7 Å². The molecule has 0 spiro atoms. The van der Waals surface area contributed by atoms with E-state index >= 15 is 0 Å². The van der Waals surface area contributed by atoms with Gasteiger partial charge in [-0.2, -0.15) is 0 Å². The van der Waals surface area contributed by atoms with Crippen LogP contribution in [0.4, 0.5) is 15.8 Å². The molecular formula is C26H24FN3O4. The molecule has 3 aromatic rings. The van der Waals surface area contributed by atoms with Gasteiger partial charge in [-0.25, -0.2) is 9.18 Å². The van der Waals surface area contributed by atoms with E-state index in [2.05, 4.69) is 15.5 Å². The van der Waals surface area contributed by atoms with Crippen molar-refractivity contribution >= 4 is 34.5 Å². The number of hydrogen-bond acceptors (Lipinski definition) is 5. The van der Waals surface area contributed by atoms with Gasteiger partial charge >= 0.3 is 5.97 Å². The molecule has 1 heterocycles. The number of hydrogen-bond donors (Lipinski definition) is 3. The number of amides is 1. The van der Waals surface area contributed by atoms with Gasteiger partial charge in [-0.1, -0.05) is 12.1 Å². The molecule has 0 saturated carbocycles. The smallest absolute Gasteiger partial charge is 0.341 e. The second-order valence-corrected chi connectivity index (χ2v) is 8.16. The summed E-state index contributed by atoms with van der Waals surface area (Å²) in [4.78, 5) is 25.8. The highest BCUT2D eigenvalue weighted by atomic mass is 19.1. The largest absolute Gasteiger partial charge is 0.482 e. The third-order valence-electron chi connectivity index (χ3n) is 5.20. The van der Waals surface area contributed by atoms with Crippen molar-refractivity contribution in [1.29, 1.82) is 0 Å². The summed E-state index contributed by atoms with van der Waals surface area (Å²) in [6, 6.07) is 18.8. The predicted molar refractivity (Wildman–Crippen MR) is 129 cm³/mol. The van der Waals surface area contributed by atoms with Gasteiger partial charge in [-0.05, 0) is 79.8 Å². The second-order valence-electron chi connectivity index (χ2n) is 8.16. The van der Waals surface area contributed by atoms with Crippen molar-refractivity contribution in [1.82, 2.24) is 4.90 Å². The van der Waals surface area contributed by atoms with E-state index in [1.165, 1.54) is 12.1 Å². The molecule has 1 aliphatic heterocycles. The fourth-order valence-corrected chi connectivity index (χ4v) is 3.74. The van der Waals surface area contributed by atoms with E-state index in [0.29, 0.717) is 33.8 Å². The first-order chi connectivity index (χ1) is 16.3. The summed E-state index contributed by atoms with van der Waals surface area (Å²) in [5.74, 6) is -1.47. The monoisotopic (exact) mass is 461 g/mol. The lowest BCUT2D eigenvalue weighted by molar-refractivity contribution is -0.139. The molecule has 1 amide bonds. The molecule has 3 N–H and O–H groups in total. The molecule has 0 aromatic heterocycles. The summed E-state index contributed by atoms with van der Waals surface area (Å²) in [6.07, 6.45) is 0. The quantitative estimate of drug-likeness (QED) is 0.434. The van der Waals surface area contributed by atoms with Gasteiger partial charge < -0.3 is 25.4 Å². The lowest BCUT2D eigenvalue weighted by Crippen LogP contribution is -2.11. The topological polar surface area (TPSA) is 90.9 Å². The number of carbonyl (C=O) groups excluding carboxylic acids is 1. The van der Waals surface area contributed by atoms with E-state index < -0.39 is 18.4 Å². The number of aliphatic carboxylic acids is 1. The number of halogens is 1. The van der Waals surface area contributed by atoms with Crippen LogP contribution in [0.2, 0.25) is 0 Å². The number of carbonyl (C=O) groups is 2. The third-order valence-corrected chi connectivity index (χ3v) is 5.20. The number of carboxylic acid groups (broad SMARTS) is 1. The third kappa shape index (κ3) is 5.24. The summed E-state index contributed by atoms with van der Waals surface area (Å²) in [6.45, 7) is 0.347. The van der Waals surface area contributed by atoms with E-state index in [-0.39, 0.29) is 5.91 Å². The molecule has 1 aliphatic rings. The number of ether oxygens (including phenoxy) is 1. The van der Waals surface area contributed by atoms with Crippen LogP contribution < -0.4 is 15.4 Å². The molecule has 0 aliphatic carbocycles. The molecule has 0 radical (unpaired) electrons. The van der Waals surface area contributed by atoms with E-state index in [1.54, 1.807) is 30.3 Å². The van der Waals surface area contributed by atoms with Crippen molar-refractivity contribution in [2.24, 2.45) is 0 Å².